The minimum absolute atomic E-state index is 0.117. The van der Waals surface area contributed by atoms with Gasteiger partial charge in [-0.1, -0.05) is 29.3 Å². The molecule has 0 amide bonds. The molecule has 0 saturated carbocycles. The number of anilines is 1. The molecule has 0 aliphatic heterocycles. The number of ether oxygens (including phenoxy) is 2. The molecule has 0 saturated heterocycles. The Morgan fingerprint density at radius 3 is 2.28 bits per heavy atom. The molecule has 0 bridgehead atoms. The fraction of sp³-hybridized carbons (Fsp3) is 0.182. The third-order valence-electron chi connectivity index (χ3n) is 4.10. The van der Waals surface area contributed by atoms with Gasteiger partial charge in [-0.15, -0.1) is 0 Å². The summed E-state index contributed by atoms with van der Waals surface area (Å²) in [5, 5.41) is 3.86. The molecule has 0 heterocycles. The molecule has 29 heavy (non-hydrogen) atoms. The predicted octanol–water partition coefficient (Wildman–Crippen LogP) is 6.86. The molecule has 3 aromatic carbocycles. The average Bonchev–Trinajstić information content (AvgIpc) is 2.68. The molecule has 0 fully saturated rings. The van der Waals surface area contributed by atoms with Crippen LogP contribution in [0.3, 0.4) is 0 Å². The van der Waals surface area contributed by atoms with E-state index in [9.17, 15) is 8.78 Å². The van der Waals surface area contributed by atoms with Crippen molar-refractivity contribution in [2.24, 2.45) is 0 Å². The lowest BCUT2D eigenvalue weighted by molar-refractivity contribution is 0.269. The smallest absolute Gasteiger partial charge is 0.180 e. The van der Waals surface area contributed by atoms with E-state index in [1.165, 1.54) is 24.3 Å². The van der Waals surface area contributed by atoms with E-state index in [0.717, 1.165) is 11.3 Å². The highest BCUT2D eigenvalue weighted by Gasteiger charge is 2.14. The van der Waals surface area contributed by atoms with Gasteiger partial charge in [0, 0.05) is 17.8 Å². The lowest BCUT2D eigenvalue weighted by Crippen LogP contribution is -2.04. The van der Waals surface area contributed by atoms with Crippen LogP contribution in [-0.4, -0.2) is 6.61 Å². The maximum atomic E-state index is 13.2. The van der Waals surface area contributed by atoms with E-state index in [4.69, 9.17) is 32.7 Å². The van der Waals surface area contributed by atoms with Crippen molar-refractivity contribution in [1.29, 1.82) is 0 Å². The fourth-order valence-electron chi connectivity index (χ4n) is 2.69. The standard InChI is InChI=1S/C22H19Cl2F2NO2/c1-2-28-21-10-14(12-27-18-7-5-16(25)6-8-18)9-20(24)22(21)29-13-15-3-4-17(26)11-19(15)23/h3-11,27H,2,12-13H2,1H3. The molecule has 0 atom stereocenters. The SMILES string of the molecule is CCOc1cc(CNc2ccc(F)cc2)cc(Cl)c1OCc1ccc(F)cc1Cl. The molecular weight excluding hydrogens is 419 g/mol. The normalized spacial score (nSPS) is 10.7. The zero-order valence-corrected chi connectivity index (χ0v) is 17.2. The first kappa shape index (κ1) is 21.2. The van der Waals surface area contributed by atoms with E-state index in [0.29, 0.717) is 35.2 Å². The summed E-state index contributed by atoms with van der Waals surface area (Å²) < 4.78 is 37.7. The van der Waals surface area contributed by atoms with Crippen LogP contribution in [0.1, 0.15) is 18.1 Å². The maximum Gasteiger partial charge on any atom is 0.180 e. The highest BCUT2D eigenvalue weighted by Crippen LogP contribution is 2.38. The molecule has 0 spiro atoms. The molecule has 7 heteroatoms. The Hall–Kier alpha value is -2.50. The molecule has 3 nitrogen and oxygen atoms in total. The van der Waals surface area contributed by atoms with Crippen LogP contribution >= 0.6 is 23.2 Å². The number of hydrogen-bond donors (Lipinski definition) is 1. The van der Waals surface area contributed by atoms with Gasteiger partial charge >= 0.3 is 0 Å². The summed E-state index contributed by atoms with van der Waals surface area (Å²) in [7, 11) is 0. The van der Waals surface area contributed by atoms with Crippen molar-refractivity contribution in [3.63, 3.8) is 0 Å². The molecule has 0 aliphatic carbocycles. The highest BCUT2D eigenvalue weighted by molar-refractivity contribution is 6.32. The molecule has 3 rings (SSSR count). The molecule has 0 aliphatic rings. The molecule has 152 valence electrons. The number of halogens is 4. The summed E-state index contributed by atoms with van der Waals surface area (Å²) in [4.78, 5) is 0. The Labute approximate surface area is 178 Å². The van der Waals surface area contributed by atoms with Crippen LogP contribution in [0.15, 0.2) is 54.6 Å². The first-order valence-corrected chi connectivity index (χ1v) is 9.73. The van der Waals surface area contributed by atoms with Crippen LogP contribution in [0.2, 0.25) is 10.0 Å². The van der Waals surface area contributed by atoms with Gasteiger partial charge < -0.3 is 14.8 Å². The van der Waals surface area contributed by atoms with E-state index in [2.05, 4.69) is 5.32 Å². The number of rotatable bonds is 8. The van der Waals surface area contributed by atoms with Crippen LogP contribution in [-0.2, 0) is 13.2 Å². The van der Waals surface area contributed by atoms with E-state index >= 15 is 0 Å². The largest absolute Gasteiger partial charge is 0.490 e. The third-order valence-corrected chi connectivity index (χ3v) is 4.73. The second-order valence-electron chi connectivity index (χ2n) is 6.22. The molecular formula is C22H19Cl2F2NO2. The first-order chi connectivity index (χ1) is 14.0. The van der Waals surface area contributed by atoms with Crippen LogP contribution in [0.5, 0.6) is 11.5 Å². The lowest BCUT2D eigenvalue weighted by atomic mass is 10.2. The summed E-state index contributed by atoms with van der Waals surface area (Å²) >= 11 is 12.5. The molecule has 1 N–H and O–H groups in total. The Balaban J connectivity index is 1.75. The van der Waals surface area contributed by atoms with Crippen LogP contribution in [0.4, 0.5) is 14.5 Å². The summed E-state index contributed by atoms with van der Waals surface area (Å²) in [5.74, 6) is 0.179. The first-order valence-electron chi connectivity index (χ1n) is 8.97. The van der Waals surface area contributed by atoms with Gasteiger partial charge in [0.05, 0.1) is 16.7 Å². The summed E-state index contributed by atoms with van der Waals surface area (Å²) in [5.41, 5.74) is 2.29. The van der Waals surface area contributed by atoms with Crippen LogP contribution < -0.4 is 14.8 Å². The van der Waals surface area contributed by atoms with E-state index in [1.54, 1.807) is 24.3 Å². The Bertz CT molecular complexity index is 981. The Morgan fingerprint density at radius 1 is 0.862 bits per heavy atom. The van der Waals surface area contributed by atoms with Crippen molar-refractivity contribution in [3.05, 3.63) is 87.4 Å². The number of benzene rings is 3. The third kappa shape index (κ3) is 5.75. The minimum Gasteiger partial charge on any atom is -0.490 e. The van der Waals surface area contributed by atoms with Crippen molar-refractivity contribution in [3.8, 4) is 11.5 Å². The fourth-order valence-corrected chi connectivity index (χ4v) is 3.20. The van der Waals surface area contributed by atoms with Gasteiger partial charge in [-0.3, -0.25) is 0 Å². The number of hydrogen-bond acceptors (Lipinski definition) is 3. The van der Waals surface area contributed by atoms with Gasteiger partial charge in [0.1, 0.15) is 18.2 Å². The average molecular weight is 438 g/mol. The molecule has 3 aromatic rings. The zero-order chi connectivity index (χ0) is 20.8. The lowest BCUT2D eigenvalue weighted by Gasteiger charge is -2.16. The van der Waals surface area contributed by atoms with Crippen molar-refractivity contribution < 1.29 is 18.3 Å². The summed E-state index contributed by atoms with van der Waals surface area (Å²) in [6.45, 7) is 2.87. The molecule has 0 unspecified atom stereocenters. The Kier molecular flexibility index (Phi) is 7.18. The van der Waals surface area contributed by atoms with Crippen LogP contribution in [0, 0.1) is 11.6 Å². The molecule has 0 aromatic heterocycles. The van der Waals surface area contributed by atoms with Gasteiger partial charge in [0.15, 0.2) is 11.5 Å². The second-order valence-corrected chi connectivity index (χ2v) is 7.04. The van der Waals surface area contributed by atoms with Gasteiger partial charge in [-0.25, -0.2) is 8.78 Å². The Morgan fingerprint density at radius 2 is 1.59 bits per heavy atom. The van der Waals surface area contributed by atoms with E-state index < -0.39 is 5.82 Å². The quantitative estimate of drug-likeness (QED) is 0.417. The second kappa shape index (κ2) is 9.81. The monoisotopic (exact) mass is 437 g/mol. The maximum absolute atomic E-state index is 13.2. The van der Waals surface area contributed by atoms with E-state index in [1.807, 2.05) is 13.0 Å². The summed E-state index contributed by atoms with van der Waals surface area (Å²) in [6, 6.07) is 13.8. The van der Waals surface area contributed by atoms with E-state index in [-0.39, 0.29) is 17.4 Å². The van der Waals surface area contributed by atoms with Gasteiger partial charge in [0.25, 0.3) is 0 Å². The van der Waals surface area contributed by atoms with Crippen LogP contribution in [0.25, 0.3) is 0 Å². The van der Waals surface area contributed by atoms with Crippen molar-refractivity contribution >= 4 is 28.9 Å². The molecule has 0 radical (unpaired) electrons. The highest BCUT2D eigenvalue weighted by atomic mass is 35.5. The summed E-state index contributed by atoms with van der Waals surface area (Å²) in [6.07, 6.45) is 0. The van der Waals surface area contributed by atoms with Gasteiger partial charge in [-0.05, 0) is 61.0 Å². The van der Waals surface area contributed by atoms with Crippen molar-refractivity contribution in [2.75, 3.05) is 11.9 Å². The zero-order valence-electron chi connectivity index (χ0n) is 15.6. The van der Waals surface area contributed by atoms with Crippen molar-refractivity contribution in [2.45, 2.75) is 20.1 Å². The minimum atomic E-state index is -0.412. The predicted molar refractivity (Wildman–Crippen MR) is 112 cm³/mol. The van der Waals surface area contributed by atoms with Gasteiger partial charge in [-0.2, -0.15) is 0 Å². The van der Waals surface area contributed by atoms with Crippen molar-refractivity contribution in [1.82, 2.24) is 0 Å². The topological polar surface area (TPSA) is 30.5 Å². The number of nitrogens with one attached hydrogen (secondary N) is 1. The van der Waals surface area contributed by atoms with Gasteiger partial charge in [0.2, 0.25) is 0 Å².